The van der Waals surface area contributed by atoms with E-state index in [4.69, 9.17) is 5.73 Å². The van der Waals surface area contributed by atoms with Crippen molar-refractivity contribution in [2.24, 2.45) is 0 Å². The topological polar surface area (TPSA) is 127 Å². The molecule has 8 nitrogen and oxygen atoms in total. The van der Waals surface area contributed by atoms with E-state index in [0.717, 1.165) is 5.56 Å². The predicted molar refractivity (Wildman–Crippen MR) is 110 cm³/mol. The van der Waals surface area contributed by atoms with E-state index in [1.54, 1.807) is 48.7 Å². The lowest BCUT2D eigenvalue weighted by Gasteiger charge is -2.07. The Bertz CT molecular complexity index is 1230. The molecule has 2 aromatic carbocycles. The van der Waals surface area contributed by atoms with Gasteiger partial charge in [-0.3, -0.25) is 14.6 Å². The number of benzene rings is 2. The molecule has 8 heteroatoms. The maximum absolute atomic E-state index is 12.4. The SMILES string of the molecule is Nc1cncc(-c2ccc(C(=O)NCCc3nc4ccccc4c(=O)[nH]3)cc2)n1. The van der Waals surface area contributed by atoms with E-state index < -0.39 is 0 Å². The number of fused-ring (bicyclic) bond motifs is 1. The Morgan fingerprint density at radius 1 is 1.03 bits per heavy atom. The molecule has 4 N–H and O–H groups in total. The first-order valence-electron chi connectivity index (χ1n) is 9.04. The maximum atomic E-state index is 12.4. The first-order chi connectivity index (χ1) is 14.1. The van der Waals surface area contributed by atoms with Crippen molar-refractivity contribution in [1.29, 1.82) is 0 Å². The Balaban J connectivity index is 1.39. The van der Waals surface area contributed by atoms with Gasteiger partial charge in [0.1, 0.15) is 11.6 Å². The molecular weight excluding hydrogens is 368 g/mol. The van der Waals surface area contributed by atoms with Crippen LogP contribution in [0.25, 0.3) is 22.2 Å². The van der Waals surface area contributed by atoms with Crippen LogP contribution < -0.4 is 16.6 Å². The minimum absolute atomic E-state index is 0.183. The average Bonchev–Trinajstić information content (AvgIpc) is 2.74. The van der Waals surface area contributed by atoms with Gasteiger partial charge in [-0.15, -0.1) is 0 Å². The monoisotopic (exact) mass is 386 g/mol. The molecule has 0 bridgehead atoms. The van der Waals surface area contributed by atoms with Crippen LogP contribution in [0.3, 0.4) is 0 Å². The average molecular weight is 386 g/mol. The summed E-state index contributed by atoms with van der Waals surface area (Å²) >= 11 is 0. The quantitative estimate of drug-likeness (QED) is 0.481. The number of H-pyrrole nitrogens is 1. The predicted octanol–water partition coefficient (Wildman–Crippen LogP) is 1.93. The number of nitrogens with zero attached hydrogens (tertiary/aromatic N) is 3. The number of carbonyl (C=O) groups is 1. The number of aromatic amines is 1. The number of amides is 1. The van der Waals surface area contributed by atoms with E-state index in [0.29, 0.717) is 46.8 Å². The molecular formula is C21H18N6O2. The second-order valence-electron chi connectivity index (χ2n) is 6.44. The lowest BCUT2D eigenvalue weighted by Crippen LogP contribution is -2.26. The fraction of sp³-hybridized carbons (Fsp3) is 0.0952. The van der Waals surface area contributed by atoms with Crippen molar-refractivity contribution in [3.8, 4) is 11.3 Å². The van der Waals surface area contributed by atoms with Crippen molar-refractivity contribution in [2.45, 2.75) is 6.42 Å². The molecule has 0 fully saturated rings. The zero-order chi connectivity index (χ0) is 20.2. The molecule has 0 saturated heterocycles. The second-order valence-corrected chi connectivity index (χ2v) is 6.44. The van der Waals surface area contributed by atoms with Crippen molar-refractivity contribution in [3.63, 3.8) is 0 Å². The number of aromatic nitrogens is 4. The number of hydrogen-bond donors (Lipinski definition) is 3. The summed E-state index contributed by atoms with van der Waals surface area (Å²) in [6.07, 6.45) is 3.51. The molecule has 2 aromatic heterocycles. The van der Waals surface area contributed by atoms with Crippen LogP contribution in [0.2, 0.25) is 0 Å². The van der Waals surface area contributed by atoms with Crippen molar-refractivity contribution in [3.05, 3.63) is 82.7 Å². The standard InChI is InChI=1S/C21H18N6O2/c22-18-12-23-11-17(25-18)13-5-7-14(8-6-13)20(28)24-10-9-19-26-16-4-2-1-3-15(16)21(29)27-19/h1-8,11-12H,9-10H2,(H2,22,25)(H,24,28)(H,26,27,29). The highest BCUT2D eigenvalue weighted by atomic mass is 16.1. The van der Waals surface area contributed by atoms with Crippen LogP contribution in [0.1, 0.15) is 16.2 Å². The van der Waals surface area contributed by atoms with Gasteiger partial charge in [0, 0.05) is 24.1 Å². The highest BCUT2D eigenvalue weighted by Crippen LogP contribution is 2.17. The third-order valence-corrected chi connectivity index (χ3v) is 4.41. The number of nitrogen functional groups attached to an aromatic ring is 1. The van der Waals surface area contributed by atoms with Gasteiger partial charge in [-0.2, -0.15) is 0 Å². The molecule has 0 saturated carbocycles. The molecule has 0 aliphatic rings. The lowest BCUT2D eigenvalue weighted by molar-refractivity contribution is 0.0954. The molecule has 0 aliphatic carbocycles. The highest BCUT2D eigenvalue weighted by molar-refractivity contribution is 5.94. The van der Waals surface area contributed by atoms with Crippen LogP contribution in [-0.4, -0.2) is 32.4 Å². The van der Waals surface area contributed by atoms with Gasteiger partial charge in [-0.25, -0.2) is 9.97 Å². The maximum Gasteiger partial charge on any atom is 0.258 e. The van der Waals surface area contributed by atoms with Gasteiger partial charge in [0.05, 0.1) is 29.0 Å². The normalized spacial score (nSPS) is 10.8. The Kier molecular flexibility index (Phi) is 4.98. The molecule has 0 unspecified atom stereocenters. The molecule has 2 heterocycles. The van der Waals surface area contributed by atoms with Crippen LogP contribution in [0.5, 0.6) is 0 Å². The Morgan fingerprint density at radius 2 is 1.83 bits per heavy atom. The Hall–Kier alpha value is -4.07. The number of hydrogen-bond acceptors (Lipinski definition) is 6. The third kappa shape index (κ3) is 4.11. The second kappa shape index (κ2) is 7.89. The third-order valence-electron chi connectivity index (χ3n) is 4.41. The first kappa shape index (κ1) is 18.3. The number of carbonyl (C=O) groups excluding carboxylic acids is 1. The van der Waals surface area contributed by atoms with Gasteiger partial charge < -0.3 is 16.0 Å². The molecule has 29 heavy (non-hydrogen) atoms. The summed E-state index contributed by atoms with van der Waals surface area (Å²) in [4.78, 5) is 39.9. The van der Waals surface area contributed by atoms with Crippen LogP contribution in [0, 0.1) is 0 Å². The van der Waals surface area contributed by atoms with Crippen molar-refractivity contribution < 1.29 is 4.79 Å². The van der Waals surface area contributed by atoms with Crippen LogP contribution in [0.15, 0.2) is 65.7 Å². The van der Waals surface area contributed by atoms with E-state index >= 15 is 0 Å². The zero-order valence-corrected chi connectivity index (χ0v) is 15.4. The molecule has 1 amide bonds. The number of anilines is 1. The van der Waals surface area contributed by atoms with Crippen molar-refractivity contribution >= 4 is 22.6 Å². The van der Waals surface area contributed by atoms with Gasteiger partial charge in [0.15, 0.2) is 0 Å². The summed E-state index contributed by atoms with van der Waals surface area (Å²) in [5, 5.41) is 3.38. The summed E-state index contributed by atoms with van der Waals surface area (Å²) in [6, 6.07) is 14.2. The number of nitrogens with two attached hydrogens (primary N) is 1. The van der Waals surface area contributed by atoms with Gasteiger partial charge >= 0.3 is 0 Å². The van der Waals surface area contributed by atoms with Crippen LogP contribution in [-0.2, 0) is 6.42 Å². The van der Waals surface area contributed by atoms with E-state index in [2.05, 4.69) is 25.3 Å². The smallest absolute Gasteiger partial charge is 0.258 e. The minimum atomic E-state index is -0.210. The van der Waals surface area contributed by atoms with E-state index in [-0.39, 0.29) is 11.5 Å². The van der Waals surface area contributed by atoms with Gasteiger partial charge in [-0.1, -0.05) is 24.3 Å². The molecule has 0 atom stereocenters. The summed E-state index contributed by atoms with van der Waals surface area (Å²) < 4.78 is 0. The fourth-order valence-electron chi connectivity index (χ4n) is 2.96. The molecule has 4 rings (SSSR count). The van der Waals surface area contributed by atoms with E-state index in [1.807, 2.05) is 6.07 Å². The van der Waals surface area contributed by atoms with Gasteiger partial charge in [-0.05, 0) is 24.3 Å². The van der Waals surface area contributed by atoms with Crippen LogP contribution in [0.4, 0.5) is 5.82 Å². The summed E-state index contributed by atoms with van der Waals surface area (Å²) in [7, 11) is 0. The molecule has 4 aromatic rings. The zero-order valence-electron chi connectivity index (χ0n) is 15.4. The van der Waals surface area contributed by atoms with E-state index in [1.165, 1.54) is 6.20 Å². The molecule has 0 radical (unpaired) electrons. The number of rotatable bonds is 5. The number of nitrogens with one attached hydrogen (secondary N) is 2. The largest absolute Gasteiger partial charge is 0.382 e. The Morgan fingerprint density at radius 3 is 2.62 bits per heavy atom. The number of para-hydroxylation sites is 1. The van der Waals surface area contributed by atoms with Crippen molar-refractivity contribution in [1.82, 2.24) is 25.3 Å². The minimum Gasteiger partial charge on any atom is -0.382 e. The van der Waals surface area contributed by atoms with Crippen LogP contribution >= 0.6 is 0 Å². The molecule has 144 valence electrons. The summed E-state index contributed by atoms with van der Waals surface area (Å²) in [6.45, 7) is 0.350. The van der Waals surface area contributed by atoms with Crippen molar-refractivity contribution in [2.75, 3.05) is 12.3 Å². The van der Waals surface area contributed by atoms with E-state index in [9.17, 15) is 9.59 Å². The summed E-state index contributed by atoms with van der Waals surface area (Å²) in [5.74, 6) is 0.660. The Labute approximate surface area is 165 Å². The fourth-order valence-corrected chi connectivity index (χ4v) is 2.96. The molecule has 0 spiro atoms. The highest BCUT2D eigenvalue weighted by Gasteiger charge is 2.08. The summed E-state index contributed by atoms with van der Waals surface area (Å²) in [5.41, 5.74) is 8.09. The van der Waals surface area contributed by atoms with Gasteiger partial charge in [0.2, 0.25) is 0 Å². The lowest BCUT2D eigenvalue weighted by atomic mass is 10.1. The molecule has 0 aliphatic heterocycles. The van der Waals surface area contributed by atoms with Gasteiger partial charge in [0.25, 0.3) is 11.5 Å². The first-order valence-corrected chi connectivity index (χ1v) is 9.04.